The van der Waals surface area contributed by atoms with E-state index in [2.05, 4.69) is 56.3 Å². The minimum atomic E-state index is 0.240. The van der Waals surface area contributed by atoms with Gasteiger partial charge in [-0.15, -0.1) is 0 Å². The SMILES string of the molecule is C/C=C(\C)C(=O)CCc1ccc(C)c(-c2cccc(CCC)c2)c1. The number of carbonyl (C=O) groups excluding carboxylic acids is 1. The van der Waals surface area contributed by atoms with Gasteiger partial charge in [-0.2, -0.15) is 0 Å². The van der Waals surface area contributed by atoms with Crippen molar-refractivity contribution in [3.63, 3.8) is 0 Å². The normalized spacial score (nSPS) is 11.6. The van der Waals surface area contributed by atoms with Crippen LogP contribution in [-0.2, 0) is 17.6 Å². The standard InChI is InChI=1S/C23H28O/c1-5-8-19-9-7-10-21(15-19)22-16-20(12-11-18(22)4)13-14-23(24)17(3)6-2/h6-7,9-12,15-16H,5,8,13-14H2,1-4H3/b17-6+. The summed E-state index contributed by atoms with van der Waals surface area (Å²) in [7, 11) is 0. The Hall–Kier alpha value is -2.15. The number of rotatable bonds is 7. The van der Waals surface area contributed by atoms with E-state index in [1.54, 1.807) is 0 Å². The number of ketones is 1. The van der Waals surface area contributed by atoms with Crippen LogP contribution in [0.3, 0.4) is 0 Å². The van der Waals surface area contributed by atoms with Crippen LogP contribution in [0.4, 0.5) is 0 Å². The van der Waals surface area contributed by atoms with Gasteiger partial charge in [-0.1, -0.05) is 61.9 Å². The van der Waals surface area contributed by atoms with Crippen molar-refractivity contribution in [2.75, 3.05) is 0 Å². The highest BCUT2D eigenvalue weighted by atomic mass is 16.1. The van der Waals surface area contributed by atoms with Gasteiger partial charge < -0.3 is 0 Å². The summed E-state index contributed by atoms with van der Waals surface area (Å²) in [5.74, 6) is 0.240. The maximum atomic E-state index is 12.0. The summed E-state index contributed by atoms with van der Waals surface area (Å²) in [5, 5.41) is 0. The average Bonchev–Trinajstić information content (AvgIpc) is 2.60. The van der Waals surface area contributed by atoms with Crippen molar-refractivity contribution in [1.29, 1.82) is 0 Å². The number of Topliss-reactive ketones (excluding diaryl/α,β-unsaturated/α-hetero) is 1. The molecule has 1 heteroatoms. The minimum Gasteiger partial charge on any atom is -0.295 e. The molecule has 0 bridgehead atoms. The van der Waals surface area contributed by atoms with Gasteiger partial charge in [0, 0.05) is 6.42 Å². The van der Waals surface area contributed by atoms with Crippen LogP contribution in [0.5, 0.6) is 0 Å². The summed E-state index contributed by atoms with van der Waals surface area (Å²) in [5.41, 5.74) is 7.31. The van der Waals surface area contributed by atoms with Gasteiger partial charge in [-0.05, 0) is 67.0 Å². The van der Waals surface area contributed by atoms with Gasteiger partial charge >= 0.3 is 0 Å². The van der Waals surface area contributed by atoms with E-state index in [9.17, 15) is 4.79 Å². The Kier molecular flexibility index (Phi) is 6.54. The third kappa shape index (κ3) is 4.67. The molecule has 24 heavy (non-hydrogen) atoms. The topological polar surface area (TPSA) is 17.1 Å². The molecule has 1 nitrogen and oxygen atoms in total. The van der Waals surface area contributed by atoms with Gasteiger partial charge in [0.25, 0.3) is 0 Å². The first-order valence-corrected chi connectivity index (χ1v) is 8.90. The molecule has 0 heterocycles. The molecule has 0 radical (unpaired) electrons. The van der Waals surface area contributed by atoms with E-state index in [4.69, 9.17) is 0 Å². The van der Waals surface area contributed by atoms with E-state index in [1.165, 1.54) is 27.8 Å². The van der Waals surface area contributed by atoms with Crippen molar-refractivity contribution in [3.8, 4) is 11.1 Å². The number of hydrogen-bond acceptors (Lipinski definition) is 1. The molecular weight excluding hydrogens is 292 g/mol. The second-order valence-corrected chi connectivity index (χ2v) is 6.49. The second-order valence-electron chi connectivity index (χ2n) is 6.49. The van der Waals surface area contributed by atoms with Crippen LogP contribution in [0.1, 0.15) is 50.3 Å². The van der Waals surface area contributed by atoms with Gasteiger partial charge in [0.05, 0.1) is 0 Å². The fraction of sp³-hybridized carbons (Fsp3) is 0.348. The predicted octanol–water partition coefficient (Wildman–Crippen LogP) is 6.08. The fourth-order valence-electron chi connectivity index (χ4n) is 2.93. The smallest absolute Gasteiger partial charge is 0.158 e. The minimum absolute atomic E-state index is 0.240. The first kappa shape index (κ1) is 18.2. The molecule has 0 aliphatic heterocycles. The fourth-order valence-corrected chi connectivity index (χ4v) is 2.93. The lowest BCUT2D eigenvalue weighted by Gasteiger charge is -2.11. The third-order valence-corrected chi connectivity index (χ3v) is 4.59. The average molecular weight is 320 g/mol. The lowest BCUT2D eigenvalue weighted by molar-refractivity contribution is -0.115. The van der Waals surface area contributed by atoms with E-state index in [0.717, 1.165) is 24.8 Å². The number of aryl methyl sites for hydroxylation is 3. The molecule has 2 aromatic rings. The maximum Gasteiger partial charge on any atom is 0.158 e. The Morgan fingerprint density at radius 1 is 1.04 bits per heavy atom. The molecule has 2 rings (SSSR count). The molecule has 0 amide bonds. The van der Waals surface area contributed by atoms with Crippen molar-refractivity contribution in [1.82, 2.24) is 0 Å². The molecule has 126 valence electrons. The summed E-state index contributed by atoms with van der Waals surface area (Å²) < 4.78 is 0. The van der Waals surface area contributed by atoms with Crippen molar-refractivity contribution in [3.05, 3.63) is 70.8 Å². The molecule has 0 aliphatic carbocycles. The molecule has 0 spiro atoms. The van der Waals surface area contributed by atoms with Crippen molar-refractivity contribution >= 4 is 5.78 Å². The van der Waals surface area contributed by atoms with Crippen LogP contribution in [0.15, 0.2) is 54.1 Å². The zero-order chi connectivity index (χ0) is 17.5. The Balaban J connectivity index is 2.22. The van der Waals surface area contributed by atoms with E-state index < -0.39 is 0 Å². The first-order valence-electron chi connectivity index (χ1n) is 8.90. The maximum absolute atomic E-state index is 12.0. The van der Waals surface area contributed by atoms with E-state index in [-0.39, 0.29) is 5.78 Å². The van der Waals surface area contributed by atoms with Crippen LogP contribution < -0.4 is 0 Å². The van der Waals surface area contributed by atoms with Crippen LogP contribution in [0.2, 0.25) is 0 Å². The van der Waals surface area contributed by atoms with Crippen molar-refractivity contribution in [2.24, 2.45) is 0 Å². The van der Waals surface area contributed by atoms with Gasteiger partial charge in [0.1, 0.15) is 0 Å². The molecule has 0 aromatic heterocycles. The van der Waals surface area contributed by atoms with Crippen LogP contribution in [0, 0.1) is 6.92 Å². The monoisotopic (exact) mass is 320 g/mol. The predicted molar refractivity (Wildman–Crippen MR) is 103 cm³/mol. The van der Waals surface area contributed by atoms with E-state index in [0.29, 0.717) is 6.42 Å². The van der Waals surface area contributed by atoms with Gasteiger partial charge in [0.15, 0.2) is 5.78 Å². The summed E-state index contributed by atoms with van der Waals surface area (Å²) in [6, 6.07) is 15.4. The summed E-state index contributed by atoms with van der Waals surface area (Å²) in [6.45, 7) is 8.17. The molecule has 0 atom stereocenters. The second kappa shape index (κ2) is 8.63. The van der Waals surface area contributed by atoms with Gasteiger partial charge in [-0.3, -0.25) is 4.79 Å². The lowest BCUT2D eigenvalue weighted by atomic mass is 9.94. The molecule has 2 aromatic carbocycles. The van der Waals surface area contributed by atoms with Crippen LogP contribution in [0.25, 0.3) is 11.1 Å². The zero-order valence-electron chi connectivity index (χ0n) is 15.4. The molecule has 0 unspecified atom stereocenters. The molecule has 0 saturated carbocycles. The Labute approximate surface area is 146 Å². The van der Waals surface area contributed by atoms with Gasteiger partial charge in [0.2, 0.25) is 0 Å². The van der Waals surface area contributed by atoms with Crippen molar-refractivity contribution < 1.29 is 4.79 Å². The molecule has 0 aliphatic rings. The highest BCUT2D eigenvalue weighted by Crippen LogP contribution is 2.26. The summed E-state index contributed by atoms with van der Waals surface area (Å²) in [4.78, 5) is 12.0. The molecule has 0 saturated heterocycles. The highest BCUT2D eigenvalue weighted by Gasteiger charge is 2.08. The van der Waals surface area contributed by atoms with Crippen LogP contribution in [-0.4, -0.2) is 5.78 Å². The number of allylic oxidation sites excluding steroid dienone is 2. The number of benzene rings is 2. The third-order valence-electron chi connectivity index (χ3n) is 4.59. The Bertz CT molecular complexity index is 737. The number of hydrogen-bond donors (Lipinski definition) is 0. The van der Waals surface area contributed by atoms with E-state index in [1.807, 2.05) is 19.9 Å². The quantitative estimate of drug-likeness (QED) is 0.565. The first-order chi connectivity index (χ1) is 11.5. The largest absolute Gasteiger partial charge is 0.295 e. The zero-order valence-corrected chi connectivity index (χ0v) is 15.4. The molecule has 0 N–H and O–H groups in total. The van der Waals surface area contributed by atoms with Crippen LogP contribution >= 0.6 is 0 Å². The Morgan fingerprint density at radius 3 is 2.50 bits per heavy atom. The molecular formula is C23H28O. The van der Waals surface area contributed by atoms with Crippen molar-refractivity contribution in [2.45, 2.75) is 53.4 Å². The summed E-state index contributed by atoms with van der Waals surface area (Å²) >= 11 is 0. The summed E-state index contributed by atoms with van der Waals surface area (Å²) in [6.07, 6.45) is 5.54. The lowest BCUT2D eigenvalue weighted by Crippen LogP contribution is -2.01. The number of carbonyl (C=O) groups is 1. The molecule has 0 fully saturated rings. The van der Waals surface area contributed by atoms with E-state index >= 15 is 0 Å². The van der Waals surface area contributed by atoms with Gasteiger partial charge in [-0.25, -0.2) is 0 Å². The Morgan fingerprint density at radius 2 is 1.79 bits per heavy atom. The highest BCUT2D eigenvalue weighted by molar-refractivity contribution is 5.94.